The van der Waals surface area contributed by atoms with Crippen molar-refractivity contribution in [1.29, 1.82) is 0 Å². The van der Waals surface area contributed by atoms with E-state index in [0.29, 0.717) is 30.8 Å². The summed E-state index contributed by atoms with van der Waals surface area (Å²) in [4.78, 5) is 23.0. The number of ether oxygens (including phenoxy) is 1. The standard InChI is InChI=1S/C13H18N2O3.ClH/c1-3-18-13(17)10-5-4-6-11(9-10)15-12(16)7-8-14-2;/h4-6,9,14H,3,7-8H2,1-2H3,(H,15,16);1H. The number of benzene rings is 1. The molecule has 2 N–H and O–H groups in total. The van der Waals surface area contributed by atoms with Crippen LogP contribution in [0.25, 0.3) is 0 Å². The molecule has 6 heteroatoms. The maximum Gasteiger partial charge on any atom is 0.338 e. The Hall–Kier alpha value is -1.59. The number of amides is 1. The molecule has 1 amide bonds. The highest BCUT2D eigenvalue weighted by molar-refractivity contribution is 5.94. The number of hydrogen-bond acceptors (Lipinski definition) is 4. The van der Waals surface area contributed by atoms with E-state index >= 15 is 0 Å². The Labute approximate surface area is 119 Å². The molecule has 1 aromatic rings. The summed E-state index contributed by atoms with van der Waals surface area (Å²) in [6.07, 6.45) is 0.389. The Morgan fingerprint density at radius 2 is 2.05 bits per heavy atom. The molecule has 0 saturated carbocycles. The van der Waals surface area contributed by atoms with E-state index in [1.165, 1.54) is 0 Å². The first kappa shape index (κ1) is 17.4. The average molecular weight is 287 g/mol. The topological polar surface area (TPSA) is 67.4 Å². The summed E-state index contributed by atoms with van der Waals surface area (Å²) in [6, 6.07) is 6.70. The zero-order valence-corrected chi connectivity index (χ0v) is 11.9. The van der Waals surface area contributed by atoms with Gasteiger partial charge < -0.3 is 15.4 Å². The second kappa shape index (κ2) is 9.35. The normalized spacial score (nSPS) is 9.37. The van der Waals surface area contributed by atoms with Crippen molar-refractivity contribution in [3.05, 3.63) is 29.8 Å². The molecule has 0 fully saturated rings. The molecule has 0 bridgehead atoms. The second-order valence-corrected chi connectivity index (χ2v) is 3.70. The SMILES string of the molecule is CCOC(=O)c1cccc(NC(=O)CCNC)c1.Cl. The van der Waals surface area contributed by atoms with Gasteiger partial charge in [-0.3, -0.25) is 4.79 Å². The Balaban J connectivity index is 0.00000324. The smallest absolute Gasteiger partial charge is 0.338 e. The van der Waals surface area contributed by atoms with E-state index in [9.17, 15) is 9.59 Å². The fourth-order valence-electron chi connectivity index (χ4n) is 1.40. The van der Waals surface area contributed by atoms with E-state index in [1.54, 1.807) is 38.2 Å². The van der Waals surface area contributed by atoms with E-state index in [2.05, 4.69) is 10.6 Å². The van der Waals surface area contributed by atoms with Gasteiger partial charge in [0.25, 0.3) is 0 Å². The predicted octanol–water partition coefficient (Wildman–Crippen LogP) is 1.83. The minimum absolute atomic E-state index is 0. The lowest BCUT2D eigenvalue weighted by molar-refractivity contribution is -0.116. The summed E-state index contributed by atoms with van der Waals surface area (Å²) in [5, 5.41) is 5.62. The number of esters is 1. The second-order valence-electron chi connectivity index (χ2n) is 3.70. The molecule has 19 heavy (non-hydrogen) atoms. The van der Waals surface area contributed by atoms with Crippen LogP contribution in [-0.4, -0.2) is 32.1 Å². The van der Waals surface area contributed by atoms with Crippen LogP contribution in [0, 0.1) is 0 Å². The number of anilines is 1. The fraction of sp³-hybridized carbons (Fsp3) is 0.385. The van der Waals surface area contributed by atoms with Crippen molar-refractivity contribution in [2.24, 2.45) is 0 Å². The van der Waals surface area contributed by atoms with Gasteiger partial charge in [0, 0.05) is 18.7 Å². The number of rotatable bonds is 6. The third-order valence-corrected chi connectivity index (χ3v) is 2.26. The largest absolute Gasteiger partial charge is 0.462 e. The monoisotopic (exact) mass is 286 g/mol. The number of nitrogens with one attached hydrogen (secondary N) is 2. The van der Waals surface area contributed by atoms with Crippen molar-refractivity contribution >= 4 is 30.0 Å². The van der Waals surface area contributed by atoms with E-state index in [1.807, 2.05) is 0 Å². The molecule has 0 heterocycles. The Morgan fingerprint density at radius 1 is 1.32 bits per heavy atom. The van der Waals surface area contributed by atoms with Gasteiger partial charge in [0.1, 0.15) is 0 Å². The molecule has 0 atom stereocenters. The first-order valence-electron chi connectivity index (χ1n) is 5.89. The number of carbonyl (C=O) groups is 2. The van der Waals surface area contributed by atoms with Gasteiger partial charge in [-0.05, 0) is 32.2 Å². The summed E-state index contributed by atoms with van der Waals surface area (Å²) in [6.45, 7) is 2.70. The summed E-state index contributed by atoms with van der Waals surface area (Å²) in [5.41, 5.74) is 1.03. The van der Waals surface area contributed by atoms with Gasteiger partial charge in [0.05, 0.1) is 12.2 Å². The van der Waals surface area contributed by atoms with Crippen LogP contribution < -0.4 is 10.6 Å². The predicted molar refractivity (Wildman–Crippen MR) is 76.8 cm³/mol. The van der Waals surface area contributed by atoms with Crippen LogP contribution >= 0.6 is 12.4 Å². The molecule has 0 aliphatic heterocycles. The van der Waals surface area contributed by atoms with Gasteiger partial charge in [-0.2, -0.15) is 0 Å². The van der Waals surface area contributed by atoms with Crippen molar-refractivity contribution in [2.45, 2.75) is 13.3 Å². The average Bonchev–Trinajstić information content (AvgIpc) is 2.37. The van der Waals surface area contributed by atoms with Gasteiger partial charge in [-0.15, -0.1) is 12.4 Å². The molecule has 1 rings (SSSR count). The third kappa shape index (κ3) is 6.22. The molecule has 106 valence electrons. The van der Waals surface area contributed by atoms with Crippen molar-refractivity contribution in [3.8, 4) is 0 Å². The quantitative estimate of drug-likeness (QED) is 0.783. The maximum absolute atomic E-state index is 11.5. The number of halogens is 1. The van der Waals surface area contributed by atoms with Gasteiger partial charge in [0.15, 0.2) is 0 Å². The Bertz CT molecular complexity index is 424. The summed E-state index contributed by atoms with van der Waals surface area (Å²) < 4.78 is 4.89. The maximum atomic E-state index is 11.5. The molecule has 5 nitrogen and oxygen atoms in total. The lowest BCUT2D eigenvalue weighted by Gasteiger charge is -2.07. The van der Waals surface area contributed by atoms with Crippen LogP contribution in [0.1, 0.15) is 23.7 Å². The number of carbonyl (C=O) groups excluding carboxylic acids is 2. The van der Waals surface area contributed by atoms with E-state index < -0.39 is 0 Å². The van der Waals surface area contributed by atoms with Crippen molar-refractivity contribution in [3.63, 3.8) is 0 Å². The molecular formula is C13H19ClN2O3. The number of hydrogen-bond donors (Lipinski definition) is 2. The molecular weight excluding hydrogens is 268 g/mol. The summed E-state index contributed by atoms with van der Waals surface area (Å²) in [5.74, 6) is -0.478. The summed E-state index contributed by atoms with van der Waals surface area (Å²) in [7, 11) is 1.79. The van der Waals surface area contributed by atoms with Crippen molar-refractivity contribution < 1.29 is 14.3 Å². The lowest BCUT2D eigenvalue weighted by atomic mass is 10.2. The van der Waals surface area contributed by atoms with Crippen LogP contribution in [0.3, 0.4) is 0 Å². The van der Waals surface area contributed by atoms with Gasteiger partial charge >= 0.3 is 5.97 Å². The Kier molecular flexibility index (Phi) is 8.57. The van der Waals surface area contributed by atoms with Crippen molar-refractivity contribution in [1.82, 2.24) is 5.32 Å². The molecule has 0 spiro atoms. The third-order valence-electron chi connectivity index (χ3n) is 2.26. The first-order chi connectivity index (χ1) is 8.67. The first-order valence-corrected chi connectivity index (χ1v) is 5.89. The highest BCUT2D eigenvalue weighted by atomic mass is 35.5. The van der Waals surface area contributed by atoms with Gasteiger partial charge in [0.2, 0.25) is 5.91 Å². The molecule has 1 aromatic carbocycles. The van der Waals surface area contributed by atoms with E-state index in [4.69, 9.17) is 4.74 Å². The van der Waals surface area contributed by atoms with E-state index in [0.717, 1.165) is 0 Å². The lowest BCUT2D eigenvalue weighted by Crippen LogP contribution is -2.18. The molecule has 0 radical (unpaired) electrons. The zero-order valence-electron chi connectivity index (χ0n) is 11.1. The summed E-state index contributed by atoms with van der Waals surface area (Å²) >= 11 is 0. The van der Waals surface area contributed by atoms with Crippen LogP contribution in [0.2, 0.25) is 0 Å². The molecule has 0 saturated heterocycles. The van der Waals surface area contributed by atoms with Gasteiger partial charge in [-0.1, -0.05) is 6.07 Å². The van der Waals surface area contributed by atoms with Crippen LogP contribution in [0.4, 0.5) is 5.69 Å². The zero-order chi connectivity index (χ0) is 13.4. The van der Waals surface area contributed by atoms with Crippen molar-refractivity contribution in [2.75, 3.05) is 25.5 Å². The highest BCUT2D eigenvalue weighted by Gasteiger charge is 2.08. The molecule has 0 aliphatic rings. The fourth-order valence-corrected chi connectivity index (χ4v) is 1.40. The molecule has 0 unspecified atom stereocenters. The highest BCUT2D eigenvalue weighted by Crippen LogP contribution is 2.12. The van der Waals surface area contributed by atoms with Crippen LogP contribution in [0.5, 0.6) is 0 Å². The Morgan fingerprint density at radius 3 is 2.68 bits per heavy atom. The van der Waals surface area contributed by atoms with Gasteiger partial charge in [-0.25, -0.2) is 4.79 Å². The van der Waals surface area contributed by atoms with Crippen LogP contribution in [0.15, 0.2) is 24.3 Å². The molecule has 0 aromatic heterocycles. The minimum atomic E-state index is -0.385. The molecule has 0 aliphatic carbocycles. The van der Waals surface area contributed by atoms with Crippen LogP contribution in [-0.2, 0) is 9.53 Å². The van der Waals surface area contributed by atoms with E-state index in [-0.39, 0.29) is 24.3 Å². The minimum Gasteiger partial charge on any atom is -0.462 e.